The van der Waals surface area contributed by atoms with Crippen molar-refractivity contribution in [1.82, 2.24) is 4.98 Å². The summed E-state index contributed by atoms with van der Waals surface area (Å²) < 4.78 is 0. The Kier molecular flexibility index (Phi) is 2.76. The second-order valence-electron chi connectivity index (χ2n) is 4.23. The minimum absolute atomic E-state index is 0.0755. The van der Waals surface area contributed by atoms with Crippen LogP contribution in [0.4, 0.5) is 0 Å². The van der Waals surface area contributed by atoms with E-state index in [0.717, 1.165) is 5.69 Å². The molecule has 4 heteroatoms. The number of aromatic nitrogens is 1. The van der Waals surface area contributed by atoms with Gasteiger partial charge in [0.2, 0.25) is 0 Å². The molecule has 0 unspecified atom stereocenters. The Hall–Kier alpha value is -1.16. The Morgan fingerprint density at radius 1 is 1.43 bits per heavy atom. The summed E-state index contributed by atoms with van der Waals surface area (Å²) in [6.45, 7) is 6.08. The smallest absolute Gasteiger partial charge is 0.258 e. The van der Waals surface area contributed by atoms with Crippen LogP contribution in [0.1, 0.15) is 32.0 Å². The van der Waals surface area contributed by atoms with Crippen LogP contribution in [-0.2, 0) is 5.41 Å². The number of thiocarbonyl (C=S) groups is 1. The normalized spacial score (nSPS) is 11.4. The van der Waals surface area contributed by atoms with Gasteiger partial charge < -0.3 is 10.7 Å². The lowest BCUT2D eigenvalue weighted by Crippen LogP contribution is -2.26. The first-order chi connectivity index (χ1) is 6.32. The van der Waals surface area contributed by atoms with E-state index in [0.29, 0.717) is 5.56 Å². The van der Waals surface area contributed by atoms with Crippen LogP contribution in [-0.4, -0.2) is 9.97 Å². The predicted molar refractivity (Wildman–Crippen MR) is 61.7 cm³/mol. The Balaban J connectivity index is 3.27. The van der Waals surface area contributed by atoms with Gasteiger partial charge >= 0.3 is 0 Å². The molecule has 0 saturated heterocycles. The van der Waals surface area contributed by atoms with Gasteiger partial charge in [-0.3, -0.25) is 4.79 Å². The van der Waals surface area contributed by atoms with Crippen molar-refractivity contribution in [2.24, 2.45) is 5.73 Å². The third-order valence-corrected chi connectivity index (χ3v) is 2.20. The van der Waals surface area contributed by atoms with Crippen LogP contribution in [0, 0.1) is 0 Å². The van der Waals surface area contributed by atoms with E-state index in [4.69, 9.17) is 18.0 Å². The zero-order chi connectivity index (χ0) is 10.9. The number of nitrogens with two attached hydrogens (primary N) is 1. The van der Waals surface area contributed by atoms with Crippen LogP contribution in [0.2, 0.25) is 0 Å². The van der Waals surface area contributed by atoms with Crippen LogP contribution in [0.25, 0.3) is 0 Å². The number of H-pyrrole nitrogens is 1. The lowest BCUT2D eigenvalue weighted by atomic mass is 9.91. The maximum Gasteiger partial charge on any atom is 0.258 e. The minimum Gasteiger partial charge on any atom is -0.389 e. The molecular weight excluding hydrogens is 196 g/mol. The molecule has 0 amide bonds. The molecule has 0 atom stereocenters. The molecule has 1 rings (SSSR count). The fourth-order valence-electron chi connectivity index (χ4n) is 1.11. The molecule has 0 radical (unpaired) electrons. The lowest BCUT2D eigenvalue weighted by molar-refractivity contribution is 0.567. The molecule has 0 aliphatic heterocycles. The molecule has 1 heterocycles. The second-order valence-corrected chi connectivity index (χ2v) is 4.67. The fourth-order valence-corrected chi connectivity index (χ4v) is 1.27. The fraction of sp³-hybridized carbons (Fsp3) is 0.400. The molecule has 0 spiro atoms. The Labute approximate surface area is 88.3 Å². The SMILES string of the molecule is CC(C)(C)c1ccc(C(N)=S)c(=O)[nH]1. The summed E-state index contributed by atoms with van der Waals surface area (Å²) in [5.74, 6) is 0. The van der Waals surface area contributed by atoms with E-state index in [1.54, 1.807) is 6.07 Å². The van der Waals surface area contributed by atoms with Gasteiger partial charge in [0, 0.05) is 11.1 Å². The second kappa shape index (κ2) is 3.53. The molecule has 76 valence electrons. The summed E-state index contributed by atoms with van der Waals surface area (Å²) in [5.41, 5.74) is 6.34. The van der Waals surface area contributed by atoms with E-state index >= 15 is 0 Å². The highest BCUT2D eigenvalue weighted by atomic mass is 32.1. The highest BCUT2D eigenvalue weighted by Gasteiger charge is 2.15. The highest BCUT2D eigenvalue weighted by Crippen LogP contribution is 2.18. The molecule has 1 aromatic rings. The molecule has 0 bridgehead atoms. The van der Waals surface area contributed by atoms with E-state index < -0.39 is 0 Å². The average molecular weight is 210 g/mol. The monoisotopic (exact) mass is 210 g/mol. The van der Waals surface area contributed by atoms with Crippen LogP contribution in [0.3, 0.4) is 0 Å². The standard InChI is InChI=1S/C10H14N2OS/c1-10(2,3)7-5-4-6(8(11)14)9(13)12-7/h4-5H,1-3H3,(H2,11,14)(H,12,13). The van der Waals surface area contributed by atoms with E-state index in [-0.39, 0.29) is 16.0 Å². The third-order valence-electron chi connectivity index (χ3n) is 1.98. The third kappa shape index (κ3) is 2.20. The zero-order valence-corrected chi connectivity index (χ0v) is 9.37. The lowest BCUT2D eigenvalue weighted by Gasteiger charge is -2.18. The summed E-state index contributed by atoms with van der Waals surface area (Å²) >= 11 is 4.74. The van der Waals surface area contributed by atoms with Crippen molar-refractivity contribution in [2.75, 3.05) is 0 Å². The topological polar surface area (TPSA) is 58.9 Å². The van der Waals surface area contributed by atoms with Gasteiger partial charge in [-0.1, -0.05) is 33.0 Å². The Morgan fingerprint density at radius 2 is 2.00 bits per heavy atom. The van der Waals surface area contributed by atoms with Gasteiger partial charge in [-0.2, -0.15) is 0 Å². The van der Waals surface area contributed by atoms with Crippen molar-refractivity contribution in [3.05, 3.63) is 33.7 Å². The van der Waals surface area contributed by atoms with Crippen molar-refractivity contribution >= 4 is 17.2 Å². The van der Waals surface area contributed by atoms with Crippen LogP contribution < -0.4 is 11.3 Å². The van der Waals surface area contributed by atoms with Gasteiger partial charge in [0.05, 0.1) is 5.56 Å². The van der Waals surface area contributed by atoms with Gasteiger partial charge in [-0.05, 0) is 12.1 Å². The Morgan fingerprint density at radius 3 is 2.36 bits per heavy atom. The van der Waals surface area contributed by atoms with E-state index in [9.17, 15) is 4.79 Å². The number of pyridine rings is 1. The summed E-state index contributed by atoms with van der Waals surface area (Å²) in [5, 5.41) is 0. The number of aromatic amines is 1. The van der Waals surface area contributed by atoms with Crippen molar-refractivity contribution in [3.8, 4) is 0 Å². The van der Waals surface area contributed by atoms with Gasteiger partial charge in [-0.15, -0.1) is 0 Å². The highest BCUT2D eigenvalue weighted by molar-refractivity contribution is 7.80. The quantitative estimate of drug-likeness (QED) is 0.687. The molecule has 3 nitrogen and oxygen atoms in total. The number of rotatable bonds is 1. The molecular formula is C10H14N2OS. The van der Waals surface area contributed by atoms with E-state index in [1.807, 2.05) is 26.8 Å². The molecule has 1 aromatic heterocycles. The summed E-state index contributed by atoms with van der Waals surface area (Å²) in [6.07, 6.45) is 0. The van der Waals surface area contributed by atoms with Crippen molar-refractivity contribution in [1.29, 1.82) is 0 Å². The van der Waals surface area contributed by atoms with E-state index in [2.05, 4.69) is 4.98 Å². The first-order valence-electron chi connectivity index (χ1n) is 4.36. The minimum atomic E-state index is -0.218. The average Bonchev–Trinajstić information content (AvgIpc) is 2.01. The number of hydrogen-bond acceptors (Lipinski definition) is 2. The predicted octanol–water partition coefficient (Wildman–Crippen LogP) is 1.31. The first kappa shape index (κ1) is 10.9. The molecule has 0 aromatic carbocycles. The Bertz CT molecular complexity index is 415. The summed E-state index contributed by atoms with van der Waals surface area (Å²) in [7, 11) is 0. The molecule has 0 fully saturated rings. The molecule has 0 aliphatic carbocycles. The number of hydrogen-bond donors (Lipinski definition) is 2. The largest absolute Gasteiger partial charge is 0.389 e. The zero-order valence-electron chi connectivity index (χ0n) is 8.55. The van der Waals surface area contributed by atoms with Crippen LogP contribution in [0.15, 0.2) is 16.9 Å². The maximum atomic E-state index is 11.5. The van der Waals surface area contributed by atoms with Gasteiger partial charge in [0.1, 0.15) is 4.99 Å². The summed E-state index contributed by atoms with van der Waals surface area (Å²) in [4.78, 5) is 14.4. The van der Waals surface area contributed by atoms with Gasteiger partial charge in [0.15, 0.2) is 0 Å². The molecule has 3 N–H and O–H groups in total. The van der Waals surface area contributed by atoms with Crippen molar-refractivity contribution in [2.45, 2.75) is 26.2 Å². The maximum absolute atomic E-state index is 11.5. The number of nitrogens with one attached hydrogen (secondary N) is 1. The van der Waals surface area contributed by atoms with Crippen molar-refractivity contribution < 1.29 is 0 Å². The molecule has 14 heavy (non-hydrogen) atoms. The summed E-state index contributed by atoms with van der Waals surface area (Å²) in [6, 6.07) is 3.51. The van der Waals surface area contributed by atoms with Crippen molar-refractivity contribution in [3.63, 3.8) is 0 Å². The van der Waals surface area contributed by atoms with Crippen LogP contribution in [0.5, 0.6) is 0 Å². The van der Waals surface area contributed by atoms with E-state index in [1.165, 1.54) is 0 Å². The molecule has 0 saturated carbocycles. The van der Waals surface area contributed by atoms with Gasteiger partial charge in [-0.25, -0.2) is 0 Å². The molecule has 0 aliphatic rings. The van der Waals surface area contributed by atoms with Gasteiger partial charge in [0.25, 0.3) is 5.56 Å². The van der Waals surface area contributed by atoms with Crippen LogP contribution >= 0.6 is 12.2 Å². The first-order valence-corrected chi connectivity index (χ1v) is 4.77.